The van der Waals surface area contributed by atoms with E-state index in [4.69, 9.17) is 4.74 Å². The van der Waals surface area contributed by atoms with E-state index in [2.05, 4.69) is 4.98 Å². The molecule has 0 bridgehead atoms. The van der Waals surface area contributed by atoms with E-state index < -0.39 is 23.7 Å². The highest BCUT2D eigenvalue weighted by molar-refractivity contribution is 7.11. The summed E-state index contributed by atoms with van der Waals surface area (Å²) < 4.78 is 5.28. The predicted octanol–water partition coefficient (Wildman–Crippen LogP) is 1.33. The number of amides is 1. The number of carboxylic acids is 1. The van der Waals surface area contributed by atoms with Gasteiger partial charge >= 0.3 is 12.1 Å². The van der Waals surface area contributed by atoms with Gasteiger partial charge in [0.2, 0.25) is 5.78 Å². The van der Waals surface area contributed by atoms with Crippen LogP contribution in [0.1, 0.15) is 30.6 Å². The van der Waals surface area contributed by atoms with Crippen LogP contribution in [0.5, 0.6) is 0 Å². The van der Waals surface area contributed by atoms with Gasteiger partial charge in [-0.15, -0.1) is 11.3 Å². The van der Waals surface area contributed by atoms with Crippen LogP contribution in [0.2, 0.25) is 0 Å². The van der Waals surface area contributed by atoms with Gasteiger partial charge in [-0.2, -0.15) is 0 Å². The first-order valence-electron chi connectivity index (χ1n) is 7.55. The van der Waals surface area contributed by atoms with Crippen LogP contribution in [0.25, 0.3) is 0 Å². The van der Waals surface area contributed by atoms with Gasteiger partial charge in [0.25, 0.3) is 0 Å². The first kappa shape index (κ1) is 18.3. The number of rotatable bonds is 4. The van der Waals surface area contributed by atoms with Crippen molar-refractivity contribution in [1.82, 2.24) is 14.8 Å². The summed E-state index contributed by atoms with van der Waals surface area (Å²) in [5, 5.41) is 11.5. The number of hydrogen-bond acceptors (Lipinski definition) is 7. The third-order valence-electron chi connectivity index (χ3n) is 3.45. The van der Waals surface area contributed by atoms with Crippen molar-refractivity contribution in [2.24, 2.45) is 0 Å². The van der Waals surface area contributed by atoms with E-state index in [0.29, 0.717) is 11.6 Å². The number of hydrogen-bond donors (Lipinski definition) is 1. The van der Waals surface area contributed by atoms with Gasteiger partial charge in [-0.05, 0) is 20.8 Å². The Morgan fingerprint density at radius 2 is 2.08 bits per heavy atom. The van der Waals surface area contributed by atoms with Crippen LogP contribution in [0.4, 0.5) is 4.79 Å². The second-order valence-corrected chi connectivity index (χ2v) is 7.41. The summed E-state index contributed by atoms with van der Waals surface area (Å²) in [7, 11) is 0. The van der Waals surface area contributed by atoms with Crippen LogP contribution in [0.15, 0.2) is 11.6 Å². The molecule has 0 spiro atoms. The van der Waals surface area contributed by atoms with Gasteiger partial charge < -0.3 is 14.7 Å². The Morgan fingerprint density at radius 3 is 2.62 bits per heavy atom. The van der Waals surface area contributed by atoms with Crippen LogP contribution >= 0.6 is 11.3 Å². The summed E-state index contributed by atoms with van der Waals surface area (Å²) >= 11 is 1.22. The molecule has 0 saturated carbocycles. The normalized spacial score (nSPS) is 19.1. The Bertz CT molecular complexity index is 611. The van der Waals surface area contributed by atoms with Gasteiger partial charge in [0.15, 0.2) is 5.01 Å². The van der Waals surface area contributed by atoms with E-state index in [-0.39, 0.29) is 25.4 Å². The number of ether oxygens (including phenoxy) is 1. The molecule has 2 rings (SSSR count). The Kier molecular flexibility index (Phi) is 5.55. The van der Waals surface area contributed by atoms with Gasteiger partial charge in [0.1, 0.15) is 11.6 Å². The molecule has 1 aromatic rings. The number of aliphatic carboxylic acids is 1. The molecule has 0 aromatic carbocycles. The maximum atomic E-state index is 12.2. The third-order valence-corrected chi connectivity index (χ3v) is 4.26. The molecule has 1 N–H and O–H groups in total. The van der Waals surface area contributed by atoms with Gasteiger partial charge in [0, 0.05) is 24.7 Å². The first-order valence-corrected chi connectivity index (χ1v) is 8.43. The van der Waals surface area contributed by atoms with Crippen LogP contribution < -0.4 is 0 Å². The molecule has 8 nitrogen and oxygen atoms in total. The SMILES string of the molecule is CC(C)(C)OC(=O)N1CCN(CC(=O)c2nccs2)C(C(=O)O)C1. The highest BCUT2D eigenvalue weighted by Gasteiger charge is 2.36. The smallest absolute Gasteiger partial charge is 0.410 e. The van der Waals surface area contributed by atoms with Crippen molar-refractivity contribution in [3.8, 4) is 0 Å². The maximum Gasteiger partial charge on any atom is 0.410 e. The predicted molar refractivity (Wildman–Crippen MR) is 87.2 cm³/mol. The zero-order valence-electron chi connectivity index (χ0n) is 13.9. The number of nitrogens with zero attached hydrogens (tertiary/aromatic N) is 3. The highest BCUT2D eigenvalue weighted by atomic mass is 32.1. The molecule has 1 atom stereocenters. The molecule has 24 heavy (non-hydrogen) atoms. The largest absolute Gasteiger partial charge is 0.480 e. The molecule has 1 aliphatic heterocycles. The summed E-state index contributed by atoms with van der Waals surface area (Å²) in [5.74, 6) is -1.29. The number of carbonyl (C=O) groups is 3. The van der Waals surface area contributed by atoms with Crippen molar-refractivity contribution in [3.63, 3.8) is 0 Å². The standard InChI is InChI=1S/C15H21N3O5S/c1-15(2,3)23-14(22)18-6-5-17(10(8-18)13(20)21)9-11(19)12-16-4-7-24-12/h4,7,10H,5-6,8-9H2,1-3H3,(H,20,21). The van der Waals surface area contributed by atoms with Gasteiger partial charge in [-0.1, -0.05) is 0 Å². The molecule has 132 valence electrons. The maximum absolute atomic E-state index is 12.2. The Labute approximate surface area is 144 Å². The first-order chi connectivity index (χ1) is 11.2. The zero-order valence-corrected chi connectivity index (χ0v) is 14.7. The molecule has 1 fully saturated rings. The van der Waals surface area contributed by atoms with Crippen molar-refractivity contribution in [1.29, 1.82) is 0 Å². The summed E-state index contributed by atoms with van der Waals surface area (Å²) in [6.07, 6.45) is 0.993. The Hall–Kier alpha value is -2.00. The zero-order chi connectivity index (χ0) is 17.9. The topological polar surface area (TPSA) is 100 Å². The van der Waals surface area contributed by atoms with Crippen molar-refractivity contribution in [2.45, 2.75) is 32.4 Å². The van der Waals surface area contributed by atoms with Gasteiger partial charge in [-0.3, -0.25) is 14.5 Å². The second kappa shape index (κ2) is 7.27. The fourth-order valence-electron chi connectivity index (χ4n) is 2.35. The lowest BCUT2D eigenvalue weighted by Gasteiger charge is -2.39. The summed E-state index contributed by atoms with van der Waals surface area (Å²) in [6, 6.07) is -0.949. The number of carboxylic acid groups (broad SMARTS) is 1. The highest BCUT2D eigenvalue weighted by Crippen LogP contribution is 2.16. The van der Waals surface area contributed by atoms with E-state index >= 15 is 0 Å². The fraction of sp³-hybridized carbons (Fsp3) is 0.600. The molecular formula is C15H21N3O5S. The Balaban J connectivity index is 2.02. The fourth-order valence-corrected chi connectivity index (χ4v) is 2.92. The van der Waals surface area contributed by atoms with E-state index in [1.165, 1.54) is 22.4 Å². The lowest BCUT2D eigenvalue weighted by atomic mass is 10.1. The van der Waals surface area contributed by atoms with Crippen LogP contribution in [-0.2, 0) is 9.53 Å². The number of ketones is 1. The minimum absolute atomic E-state index is 0.0185. The minimum atomic E-state index is -1.07. The summed E-state index contributed by atoms with van der Waals surface area (Å²) in [4.78, 5) is 42.7. The lowest BCUT2D eigenvalue weighted by molar-refractivity contribution is -0.145. The average Bonchev–Trinajstić information content (AvgIpc) is 2.99. The molecule has 0 radical (unpaired) electrons. The van der Waals surface area contributed by atoms with Crippen LogP contribution in [0, 0.1) is 0 Å². The average molecular weight is 355 g/mol. The minimum Gasteiger partial charge on any atom is -0.480 e. The van der Waals surface area contributed by atoms with Gasteiger partial charge in [0.05, 0.1) is 13.1 Å². The van der Waals surface area contributed by atoms with E-state index in [9.17, 15) is 19.5 Å². The quantitative estimate of drug-likeness (QED) is 0.813. The van der Waals surface area contributed by atoms with E-state index in [1.54, 1.807) is 31.1 Å². The summed E-state index contributed by atoms with van der Waals surface area (Å²) in [6.45, 7) is 5.80. The monoisotopic (exact) mass is 355 g/mol. The number of aromatic nitrogens is 1. The van der Waals surface area contributed by atoms with E-state index in [1.807, 2.05) is 0 Å². The number of piperazine rings is 1. The molecule has 0 aliphatic carbocycles. The van der Waals surface area contributed by atoms with Crippen molar-refractivity contribution in [2.75, 3.05) is 26.2 Å². The van der Waals surface area contributed by atoms with Crippen molar-refractivity contribution in [3.05, 3.63) is 16.6 Å². The molecule has 1 saturated heterocycles. The summed E-state index contributed by atoms with van der Waals surface area (Å²) in [5.41, 5.74) is -0.645. The molecule has 1 unspecified atom stereocenters. The lowest BCUT2D eigenvalue weighted by Crippen LogP contribution is -2.59. The van der Waals surface area contributed by atoms with Crippen molar-refractivity contribution < 1.29 is 24.2 Å². The number of Topliss-reactive ketones (excluding diaryl/α,β-unsaturated/α-hetero) is 1. The van der Waals surface area contributed by atoms with Gasteiger partial charge in [-0.25, -0.2) is 9.78 Å². The molecule has 1 aliphatic rings. The number of thiazole rings is 1. The third kappa shape index (κ3) is 4.75. The molecular weight excluding hydrogens is 334 g/mol. The van der Waals surface area contributed by atoms with E-state index in [0.717, 1.165) is 0 Å². The molecule has 1 aromatic heterocycles. The van der Waals surface area contributed by atoms with Crippen molar-refractivity contribution >= 4 is 29.2 Å². The Morgan fingerprint density at radius 1 is 1.38 bits per heavy atom. The second-order valence-electron chi connectivity index (χ2n) is 6.51. The molecule has 1 amide bonds. The van der Waals surface area contributed by atoms with Crippen LogP contribution in [-0.4, -0.2) is 75.6 Å². The van der Waals surface area contributed by atoms with Crippen LogP contribution in [0.3, 0.4) is 0 Å². The number of carbonyl (C=O) groups excluding carboxylic acids is 2. The molecule has 2 heterocycles. The molecule has 9 heteroatoms.